The number of esters is 2. The van der Waals surface area contributed by atoms with Gasteiger partial charge in [0.1, 0.15) is 12.4 Å². The first-order valence-corrected chi connectivity index (χ1v) is 12.4. The molecular weight excluding hydrogens is 499 g/mol. The molecule has 1 aliphatic heterocycles. The molecule has 1 N–H and O–H groups in total. The third kappa shape index (κ3) is 5.20. The molecule has 0 bridgehead atoms. The number of hydrogen-bond donors (Lipinski definition) is 1. The molecule has 0 spiro atoms. The summed E-state index contributed by atoms with van der Waals surface area (Å²) in [6, 6.07) is 13.0. The third-order valence-corrected chi connectivity index (χ3v) is 7.37. The number of carbonyl (C=O) groups is 3. The highest BCUT2D eigenvalue weighted by Crippen LogP contribution is 2.44. The van der Waals surface area contributed by atoms with Crippen molar-refractivity contribution < 1.29 is 28.2 Å². The van der Waals surface area contributed by atoms with Gasteiger partial charge in [0, 0.05) is 40.4 Å². The molecule has 0 saturated heterocycles. The van der Waals surface area contributed by atoms with Crippen molar-refractivity contribution in [3.63, 3.8) is 0 Å². The number of amides is 1. The van der Waals surface area contributed by atoms with Crippen LogP contribution >= 0.6 is 11.6 Å². The van der Waals surface area contributed by atoms with Gasteiger partial charge in [0.05, 0.1) is 5.52 Å². The summed E-state index contributed by atoms with van der Waals surface area (Å²) >= 11 is 5.96. The molecule has 1 atom stereocenters. The minimum absolute atomic E-state index is 0.103. The molecule has 37 heavy (non-hydrogen) atoms. The van der Waals surface area contributed by atoms with Crippen LogP contribution in [0.3, 0.4) is 0 Å². The lowest BCUT2D eigenvalue weighted by Crippen LogP contribution is -2.57. The molecule has 1 saturated carbocycles. The van der Waals surface area contributed by atoms with Crippen LogP contribution in [0.15, 0.2) is 66.9 Å². The molecule has 2 aliphatic rings. The van der Waals surface area contributed by atoms with E-state index in [0.717, 1.165) is 23.1 Å². The molecule has 1 fully saturated rings. The van der Waals surface area contributed by atoms with E-state index in [4.69, 9.17) is 21.1 Å². The fourth-order valence-electron chi connectivity index (χ4n) is 5.24. The number of nitrogens with zero attached hydrogens (tertiary/aromatic N) is 1. The summed E-state index contributed by atoms with van der Waals surface area (Å²) < 4.78 is 25.1. The highest BCUT2D eigenvalue weighted by atomic mass is 35.5. The van der Waals surface area contributed by atoms with Crippen molar-refractivity contribution in [2.24, 2.45) is 5.92 Å². The van der Waals surface area contributed by atoms with Crippen LogP contribution in [0.4, 0.5) is 10.1 Å². The Labute approximate surface area is 217 Å². The number of anilines is 1. The smallest absolute Gasteiger partial charge is 0.332 e. The fourth-order valence-corrected chi connectivity index (χ4v) is 5.37. The number of carbonyl (C=O) groups excluding carboxylic acids is 3. The van der Waals surface area contributed by atoms with Crippen molar-refractivity contribution in [3.05, 3.63) is 83.3 Å². The standard InChI is InChI=1S/C28H24ClFN2O5/c29-19-5-8-21(9-6-19)32-27(35)28(16-36-25(33)11-12-26(34)37-28)18-3-1-17(2-4-18)22-13-14-31-24-10-7-20(30)15-23(22)24/h5-15,17-18H,1-4,16H2,(H,32,35)/b12-11+. The zero-order chi connectivity index (χ0) is 26.0. The first-order valence-electron chi connectivity index (χ1n) is 12.0. The number of ether oxygens (including phenoxy) is 2. The number of cyclic esters (lactones) is 2. The Balaban J connectivity index is 1.42. The maximum absolute atomic E-state index is 14.0. The SMILES string of the molecule is O=C1/C=C/C(=O)OC(C(=O)Nc2ccc(Cl)cc2)(C2CCC(c3ccnc4ccc(F)cc34)CC2)CO1. The van der Waals surface area contributed by atoms with E-state index in [0.29, 0.717) is 41.9 Å². The largest absolute Gasteiger partial charge is 0.458 e. The van der Waals surface area contributed by atoms with Gasteiger partial charge in [0.25, 0.3) is 5.91 Å². The van der Waals surface area contributed by atoms with E-state index in [-0.39, 0.29) is 11.7 Å². The summed E-state index contributed by atoms with van der Waals surface area (Å²) in [6.07, 6.45) is 6.03. The van der Waals surface area contributed by atoms with E-state index in [9.17, 15) is 18.8 Å². The van der Waals surface area contributed by atoms with Gasteiger partial charge in [-0.05, 0) is 85.7 Å². The molecule has 1 aliphatic carbocycles. The van der Waals surface area contributed by atoms with E-state index in [1.165, 1.54) is 12.1 Å². The van der Waals surface area contributed by atoms with Gasteiger partial charge in [-0.25, -0.2) is 14.0 Å². The number of aromatic nitrogens is 1. The highest BCUT2D eigenvalue weighted by molar-refractivity contribution is 6.30. The van der Waals surface area contributed by atoms with Crippen molar-refractivity contribution in [2.75, 3.05) is 11.9 Å². The lowest BCUT2D eigenvalue weighted by molar-refractivity contribution is -0.183. The fraction of sp³-hybridized carbons (Fsp3) is 0.286. The molecule has 2 heterocycles. The number of benzene rings is 2. The lowest BCUT2D eigenvalue weighted by Gasteiger charge is -2.41. The molecular formula is C28H24ClFN2O5. The van der Waals surface area contributed by atoms with E-state index in [1.807, 2.05) is 6.07 Å². The Hall–Kier alpha value is -3.78. The second-order valence-electron chi connectivity index (χ2n) is 9.32. The van der Waals surface area contributed by atoms with E-state index >= 15 is 0 Å². The van der Waals surface area contributed by atoms with Gasteiger partial charge in [0.2, 0.25) is 5.60 Å². The first-order chi connectivity index (χ1) is 17.8. The van der Waals surface area contributed by atoms with Crippen molar-refractivity contribution >= 4 is 46.0 Å². The lowest BCUT2D eigenvalue weighted by atomic mass is 9.71. The molecule has 2 aromatic carbocycles. The van der Waals surface area contributed by atoms with Gasteiger partial charge in [-0.2, -0.15) is 0 Å². The first kappa shape index (κ1) is 24.9. The van der Waals surface area contributed by atoms with E-state index in [2.05, 4.69) is 10.3 Å². The van der Waals surface area contributed by atoms with Gasteiger partial charge < -0.3 is 14.8 Å². The Kier molecular flexibility index (Phi) is 6.93. The second kappa shape index (κ2) is 10.3. The predicted octanol–water partition coefficient (Wildman–Crippen LogP) is 5.33. The van der Waals surface area contributed by atoms with Crippen LogP contribution in [-0.4, -0.2) is 35.0 Å². The van der Waals surface area contributed by atoms with Crippen LogP contribution in [-0.2, 0) is 23.9 Å². The number of pyridine rings is 1. The average Bonchev–Trinajstić information content (AvgIpc) is 2.90. The van der Waals surface area contributed by atoms with Crippen molar-refractivity contribution in [1.29, 1.82) is 0 Å². The maximum Gasteiger partial charge on any atom is 0.332 e. The number of halogens is 2. The molecule has 1 amide bonds. The highest BCUT2D eigenvalue weighted by Gasteiger charge is 2.52. The second-order valence-corrected chi connectivity index (χ2v) is 9.76. The molecule has 1 unspecified atom stereocenters. The molecule has 9 heteroatoms. The zero-order valence-electron chi connectivity index (χ0n) is 19.8. The van der Waals surface area contributed by atoms with Gasteiger partial charge in [-0.15, -0.1) is 0 Å². The predicted molar refractivity (Wildman–Crippen MR) is 135 cm³/mol. The minimum Gasteiger partial charge on any atom is -0.458 e. The maximum atomic E-state index is 14.0. The third-order valence-electron chi connectivity index (χ3n) is 7.12. The van der Waals surface area contributed by atoms with Crippen molar-refractivity contribution in [2.45, 2.75) is 37.2 Å². The normalized spacial score (nSPS) is 24.9. The van der Waals surface area contributed by atoms with Crippen LogP contribution in [0.5, 0.6) is 0 Å². The zero-order valence-corrected chi connectivity index (χ0v) is 20.5. The summed E-state index contributed by atoms with van der Waals surface area (Å²) in [5.41, 5.74) is 0.459. The molecule has 0 radical (unpaired) electrons. The quantitative estimate of drug-likeness (QED) is 0.465. The number of fused-ring (bicyclic) bond motifs is 1. The topological polar surface area (TPSA) is 94.6 Å². The van der Waals surface area contributed by atoms with Crippen LogP contribution in [0.25, 0.3) is 10.9 Å². The Morgan fingerprint density at radius 3 is 2.49 bits per heavy atom. The van der Waals surface area contributed by atoms with Crippen LogP contribution in [0.2, 0.25) is 5.02 Å². The van der Waals surface area contributed by atoms with Crippen molar-refractivity contribution in [1.82, 2.24) is 4.98 Å². The van der Waals surface area contributed by atoms with Crippen LogP contribution in [0, 0.1) is 11.7 Å². The molecule has 1 aromatic heterocycles. The number of rotatable bonds is 4. The van der Waals surface area contributed by atoms with E-state index in [1.54, 1.807) is 36.5 Å². The van der Waals surface area contributed by atoms with Gasteiger partial charge in [-0.1, -0.05) is 11.6 Å². The Bertz CT molecular complexity index is 1390. The molecule has 190 valence electrons. The minimum atomic E-state index is -1.71. The summed E-state index contributed by atoms with van der Waals surface area (Å²) in [6.45, 7) is -0.403. The molecule has 5 rings (SSSR count). The van der Waals surface area contributed by atoms with Crippen LogP contribution < -0.4 is 5.32 Å². The van der Waals surface area contributed by atoms with Crippen LogP contribution in [0.1, 0.15) is 37.2 Å². The summed E-state index contributed by atoms with van der Waals surface area (Å²) in [5.74, 6) is -2.73. The van der Waals surface area contributed by atoms with Gasteiger partial charge >= 0.3 is 11.9 Å². The summed E-state index contributed by atoms with van der Waals surface area (Å²) in [4.78, 5) is 42.6. The Morgan fingerprint density at radius 1 is 1.00 bits per heavy atom. The van der Waals surface area contributed by atoms with E-state index < -0.39 is 36.0 Å². The Morgan fingerprint density at radius 2 is 1.73 bits per heavy atom. The van der Waals surface area contributed by atoms with Gasteiger partial charge in [0.15, 0.2) is 0 Å². The number of hydrogen-bond acceptors (Lipinski definition) is 6. The average molecular weight is 523 g/mol. The summed E-state index contributed by atoms with van der Waals surface area (Å²) in [5, 5.41) is 4.06. The summed E-state index contributed by atoms with van der Waals surface area (Å²) in [7, 11) is 0. The van der Waals surface area contributed by atoms with Gasteiger partial charge in [-0.3, -0.25) is 9.78 Å². The molecule has 3 aromatic rings. The monoisotopic (exact) mass is 522 g/mol. The van der Waals surface area contributed by atoms with Crippen molar-refractivity contribution in [3.8, 4) is 0 Å². The molecule has 7 nitrogen and oxygen atoms in total. The number of nitrogens with one attached hydrogen (secondary N) is 1.